The third-order valence-corrected chi connectivity index (χ3v) is 2.66. The van der Waals surface area contributed by atoms with Crippen molar-refractivity contribution in [2.75, 3.05) is 0 Å². The SMILES string of the molecule is C#CCC(N)c1cc(C)c2ccccc2n1. The molecule has 2 aromatic rings. The molecule has 0 saturated heterocycles. The maximum Gasteiger partial charge on any atom is 0.0708 e. The summed E-state index contributed by atoms with van der Waals surface area (Å²) in [6.07, 6.45) is 5.78. The molecular weight excluding hydrogens is 196 g/mol. The lowest BCUT2D eigenvalue weighted by molar-refractivity contribution is 0.728. The monoisotopic (exact) mass is 210 g/mol. The predicted octanol–water partition coefficient (Wildman–Crippen LogP) is 2.57. The number of aryl methyl sites for hydroxylation is 1. The predicted molar refractivity (Wildman–Crippen MR) is 66.9 cm³/mol. The quantitative estimate of drug-likeness (QED) is 0.774. The fraction of sp³-hybridized carbons (Fsp3) is 0.214. The van der Waals surface area contributed by atoms with E-state index in [4.69, 9.17) is 12.2 Å². The number of para-hydroxylation sites is 1. The van der Waals surface area contributed by atoms with E-state index in [1.54, 1.807) is 0 Å². The van der Waals surface area contributed by atoms with Crippen molar-refractivity contribution in [2.45, 2.75) is 19.4 Å². The summed E-state index contributed by atoms with van der Waals surface area (Å²) < 4.78 is 0. The molecule has 0 radical (unpaired) electrons. The molecule has 2 rings (SSSR count). The summed E-state index contributed by atoms with van der Waals surface area (Å²) in [5.41, 5.74) is 8.99. The molecular formula is C14H14N2. The smallest absolute Gasteiger partial charge is 0.0708 e. The minimum Gasteiger partial charge on any atom is -0.322 e. The summed E-state index contributed by atoms with van der Waals surface area (Å²) in [6, 6.07) is 9.89. The van der Waals surface area contributed by atoms with Gasteiger partial charge in [0.25, 0.3) is 0 Å². The third kappa shape index (κ3) is 1.91. The highest BCUT2D eigenvalue weighted by Crippen LogP contribution is 2.20. The van der Waals surface area contributed by atoms with Gasteiger partial charge in [0.1, 0.15) is 0 Å². The van der Waals surface area contributed by atoms with Gasteiger partial charge in [0, 0.05) is 11.8 Å². The normalized spacial score (nSPS) is 12.3. The second kappa shape index (κ2) is 4.34. The van der Waals surface area contributed by atoms with Gasteiger partial charge in [-0.1, -0.05) is 18.2 Å². The Morgan fingerprint density at radius 2 is 2.19 bits per heavy atom. The van der Waals surface area contributed by atoms with Gasteiger partial charge in [-0.2, -0.15) is 0 Å². The summed E-state index contributed by atoms with van der Waals surface area (Å²) in [5, 5.41) is 1.17. The van der Waals surface area contributed by atoms with E-state index in [9.17, 15) is 0 Å². The van der Waals surface area contributed by atoms with Crippen molar-refractivity contribution in [3.8, 4) is 12.3 Å². The fourth-order valence-corrected chi connectivity index (χ4v) is 1.80. The van der Waals surface area contributed by atoms with Gasteiger partial charge in [-0.25, -0.2) is 0 Å². The first kappa shape index (κ1) is 10.7. The van der Waals surface area contributed by atoms with Gasteiger partial charge in [-0.15, -0.1) is 12.3 Å². The number of benzene rings is 1. The number of nitrogens with zero attached hydrogens (tertiary/aromatic N) is 1. The van der Waals surface area contributed by atoms with E-state index in [0.717, 1.165) is 11.2 Å². The van der Waals surface area contributed by atoms with Crippen LogP contribution in [0.4, 0.5) is 0 Å². The Bertz CT molecular complexity index is 552. The molecule has 0 saturated carbocycles. The Balaban J connectivity index is 2.54. The average Bonchev–Trinajstić information content (AvgIpc) is 2.29. The number of pyridine rings is 1. The van der Waals surface area contributed by atoms with Crippen molar-refractivity contribution < 1.29 is 0 Å². The average molecular weight is 210 g/mol. The molecule has 0 fully saturated rings. The molecule has 0 spiro atoms. The minimum atomic E-state index is -0.173. The van der Waals surface area contributed by atoms with E-state index in [0.29, 0.717) is 6.42 Å². The van der Waals surface area contributed by atoms with E-state index < -0.39 is 0 Å². The molecule has 0 bridgehead atoms. The van der Waals surface area contributed by atoms with Crippen LogP contribution in [0.5, 0.6) is 0 Å². The standard InChI is InChI=1S/C14H14N2/c1-3-6-12(15)14-9-10(2)11-7-4-5-8-13(11)16-14/h1,4-5,7-9,12H,6,15H2,2H3. The zero-order valence-electron chi connectivity index (χ0n) is 9.27. The second-order valence-electron chi connectivity index (χ2n) is 3.90. The Kier molecular flexibility index (Phi) is 2.89. The second-order valence-corrected chi connectivity index (χ2v) is 3.90. The minimum absolute atomic E-state index is 0.173. The molecule has 2 nitrogen and oxygen atoms in total. The van der Waals surface area contributed by atoms with Crippen molar-refractivity contribution >= 4 is 10.9 Å². The van der Waals surface area contributed by atoms with Crippen LogP contribution in [0.2, 0.25) is 0 Å². The third-order valence-electron chi connectivity index (χ3n) is 2.66. The molecule has 2 heteroatoms. The molecule has 2 N–H and O–H groups in total. The summed E-state index contributed by atoms with van der Waals surface area (Å²) in [4.78, 5) is 4.53. The molecule has 1 aromatic heterocycles. The molecule has 1 aromatic carbocycles. The van der Waals surface area contributed by atoms with Crippen molar-refractivity contribution in [2.24, 2.45) is 5.73 Å². The van der Waals surface area contributed by atoms with E-state index in [1.807, 2.05) is 24.3 Å². The van der Waals surface area contributed by atoms with Crippen molar-refractivity contribution in [3.05, 3.63) is 41.6 Å². The largest absolute Gasteiger partial charge is 0.322 e. The van der Waals surface area contributed by atoms with Gasteiger partial charge in [-0.3, -0.25) is 4.98 Å². The van der Waals surface area contributed by atoms with Gasteiger partial charge in [0.15, 0.2) is 0 Å². The summed E-state index contributed by atoms with van der Waals surface area (Å²) >= 11 is 0. The van der Waals surface area contributed by atoms with Gasteiger partial charge in [0.05, 0.1) is 17.3 Å². The number of hydrogen-bond donors (Lipinski definition) is 1. The lowest BCUT2D eigenvalue weighted by atomic mass is 10.0. The highest BCUT2D eigenvalue weighted by Gasteiger charge is 2.08. The van der Waals surface area contributed by atoms with Crippen LogP contribution in [0.15, 0.2) is 30.3 Å². The zero-order chi connectivity index (χ0) is 11.5. The summed E-state index contributed by atoms with van der Waals surface area (Å²) in [5.74, 6) is 2.57. The molecule has 16 heavy (non-hydrogen) atoms. The van der Waals surface area contributed by atoms with E-state index in [1.165, 1.54) is 10.9 Å². The number of hydrogen-bond acceptors (Lipinski definition) is 2. The molecule has 0 aliphatic carbocycles. The highest BCUT2D eigenvalue weighted by molar-refractivity contribution is 5.82. The Labute approximate surface area is 95.5 Å². The van der Waals surface area contributed by atoms with E-state index in [2.05, 4.69) is 23.9 Å². The number of terminal acetylenes is 1. The fourth-order valence-electron chi connectivity index (χ4n) is 1.80. The topological polar surface area (TPSA) is 38.9 Å². The van der Waals surface area contributed by atoms with Gasteiger partial charge < -0.3 is 5.73 Å². The number of aromatic nitrogens is 1. The Morgan fingerprint density at radius 1 is 1.44 bits per heavy atom. The molecule has 80 valence electrons. The van der Waals surface area contributed by atoms with Crippen LogP contribution in [0, 0.1) is 19.3 Å². The first-order chi connectivity index (χ1) is 7.72. The summed E-state index contributed by atoms with van der Waals surface area (Å²) in [6.45, 7) is 2.07. The first-order valence-corrected chi connectivity index (χ1v) is 5.27. The van der Waals surface area contributed by atoms with Crippen LogP contribution in [-0.2, 0) is 0 Å². The van der Waals surface area contributed by atoms with Crippen molar-refractivity contribution in [3.63, 3.8) is 0 Å². The van der Waals surface area contributed by atoms with Gasteiger partial charge in [-0.05, 0) is 24.6 Å². The molecule has 0 amide bonds. The van der Waals surface area contributed by atoms with Crippen LogP contribution < -0.4 is 5.73 Å². The molecule has 0 aliphatic heterocycles. The van der Waals surface area contributed by atoms with Crippen LogP contribution in [0.25, 0.3) is 10.9 Å². The highest BCUT2D eigenvalue weighted by atomic mass is 14.8. The molecule has 1 heterocycles. The summed E-state index contributed by atoms with van der Waals surface area (Å²) in [7, 11) is 0. The Hall–Kier alpha value is -1.85. The zero-order valence-corrected chi connectivity index (χ0v) is 9.27. The van der Waals surface area contributed by atoms with E-state index >= 15 is 0 Å². The van der Waals surface area contributed by atoms with Gasteiger partial charge in [0.2, 0.25) is 0 Å². The number of rotatable bonds is 2. The molecule has 0 aliphatic rings. The Morgan fingerprint density at radius 3 is 2.94 bits per heavy atom. The van der Waals surface area contributed by atoms with Gasteiger partial charge >= 0.3 is 0 Å². The maximum absolute atomic E-state index is 5.96. The van der Waals surface area contributed by atoms with Crippen molar-refractivity contribution in [1.29, 1.82) is 0 Å². The van der Waals surface area contributed by atoms with Crippen LogP contribution in [0.1, 0.15) is 23.7 Å². The lowest BCUT2D eigenvalue weighted by Crippen LogP contribution is -2.11. The van der Waals surface area contributed by atoms with Crippen LogP contribution in [0.3, 0.4) is 0 Å². The van der Waals surface area contributed by atoms with E-state index in [-0.39, 0.29) is 6.04 Å². The number of fused-ring (bicyclic) bond motifs is 1. The maximum atomic E-state index is 5.96. The van der Waals surface area contributed by atoms with Crippen LogP contribution >= 0.6 is 0 Å². The van der Waals surface area contributed by atoms with Crippen molar-refractivity contribution in [1.82, 2.24) is 4.98 Å². The molecule has 1 atom stereocenters. The van der Waals surface area contributed by atoms with Crippen LogP contribution in [-0.4, -0.2) is 4.98 Å². The lowest BCUT2D eigenvalue weighted by Gasteiger charge is -2.10. The molecule has 1 unspecified atom stereocenters. The number of nitrogens with two attached hydrogens (primary N) is 1. The first-order valence-electron chi connectivity index (χ1n) is 5.27.